The van der Waals surface area contributed by atoms with Gasteiger partial charge in [0.05, 0.1) is 28.3 Å². The van der Waals surface area contributed by atoms with Crippen LogP contribution in [0.5, 0.6) is 0 Å². The highest BCUT2D eigenvalue weighted by Crippen LogP contribution is 2.33. The predicted molar refractivity (Wildman–Crippen MR) is 130 cm³/mol. The second kappa shape index (κ2) is 11.6. The van der Waals surface area contributed by atoms with Crippen LogP contribution in [0, 0.1) is 5.92 Å². The zero-order valence-electron chi connectivity index (χ0n) is 19.5. The van der Waals surface area contributed by atoms with Crippen LogP contribution in [0.4, 0.5) is 16.2 Å². The van der Waals surface area contributed by atoms with Crippen LogP contribution in [0.1, 0.15) is 39.0 Å². The second-order valence-electron chi connectivity index (χ2n) is 7.94. The lowest BCUT2D eigenvalue weighted by Gasteiger charge is -2.15. The third kappa shape index (κ3) is 6.66. The number of sulfone groups is 1. The number of amides is 3. The Bertz CT molecular complexity index is 1200. The summed E-state index contributed by atoms with van der Waals surface area (Å²) in [6.45, 7) is 1.62. The summed E-state index contributed by atoms with van der Waals surface area (Å²) in [7, 11) is -2.75. The Morgan fingerprint density at radius 3 is 2.31 bits per heavy atom. The van der Waals surface area contributed by atoms with Gasteiger partial charge in [-0.1, -0.05) is 38.0 Å². The summed E-state index contributed by atoms with van der Waals surface area (Å²) in [5, 5.41) is 7.56. The van der Waals surface area contributed by atoms with Gasteiger partial charge in [-0.25, -0.2) is 18.2 Å². The van der Waals surface area contributed by atoms with Gasteiger partial charge in [-0.15, -0.1) is 0 Å². The van der Waals surface area contributed by atoms with Gasteiger partial charge >= 0.3 is 6.09 Å². The molecule has 0 aliphatic heterocycles. The lowest BCUT2D eigenvalue weighted by molar-refractivity contribution is -0.120. The number of carbonyl (C=O) groups excluding carboxylic acids is 3. The van der Waals surface area contributed by atoms with Gasteiger partial charge in [0.1, 0.15) is 0 Å². The third-order valence-corrected chi connectivity index (χ3v) is 7.30. The predicted octanol–water partition coefficient (Wildman–Crippen LogP) is 3.52. The van der Waals surface area contributed by atoms with E-state index >= 15 is 0 Å². The molecule has 1 fully saturated rings. The fraction of sp³-hybridized carbons (Fsp3) is 0.333. The van der Waals surface area contributed by atoms with Crippen LogP contribution in [0.3, 0.4) is 0 Å². The topological polar surface area (TPSA) is 143 Å². The van der Waals surface area contributed by atoms with Crippen molar-refractivity contribution in [3.63, 3.8) is 0 Å². The van der Waals surface area contributed by atoms with Crippen molar-refractivity contribution in [2.75, 3.05) is 12.4 Å². The number of benzene rings is 2. The number of guanidine groups is 1. The highest BCUT2D eigenvalue weighted by Gasteiger charge is 2.25. The first-order chi connectivity index (χ1) is 16.7. The van der Waals surface area contributed by atoms with E-state index in [0.29, 0.717) is 0 Å². The minimum absolute atomic E-state index is 0.0381. The summed E-state index contributed by atoms with van der Waals surface area (Å²) in [5.74, 6) is -1.05. The van der Waals surface area contributed by atoms with Gasteiger partial charge in [0, 0.05) is 12.3 Å². The molecule has 0 aromatic heterocycles. The van der Waals surface area contributed by atoms with Gasteiger partial charge in [-0.05, 0) is 43.2 Å². The Labute approximate surface area is 204 Å². The molecule has 3 rings (SSSR count). The molecule has 0 spiro atoms. The highest BCUT2D eigenvalue weighted by atomic mass is 32.2. The average molecular weight is 501 g/mol. The molecule has 0 saturated heterocycles. The van der Waals surface area contributed by atoms with Crippen molar-refractivity contribution in [3.05, 3.63) is 48.5 Å². The molecule has 3 N–H and O–H groups in total. The van der Waals surface area contributed by atoms with Gasteiger partial charge in [-0.2, -0.15) is 0 Å². The summed E-state index contributed by atoms with van der Waals surface area (Å²) in [6.07, 6.45) is 2.69. The Morgan fingerprint density at radius 1 is 1.00 bits per heavy atom. The summed E-state index contributed by atoms with van der Waals surface area (Å²) in [6, 6.07) is 12.0. The fourth-order valence-corrected chi connectivity index (χ4v) is 4.91. The molecule has 186 valence electrons. The monoisotopic (exact) mass is 500 g/mol. The van der Waals surface area contributed by atoms with Crippen LogP contribution < -0.4 is 16.0 Å². The zero-order chi connectivity index (χ0) is 25.4. The maximum absolute atomic E-state index is 13.2. The smallest absolute Gasteiger partial charge is 0.413 e. The number of rotatable bonds is 6. The maximum Gasteiger partial charge on any atom is 0.413 e. The number of hydrogen-bond donors (Lipinski definition) is 3. The van der Waals surface area contributed by atoms with E-state index in [1.165, 1.54) is 30.3 Å². The first kappa shape index (κ1) is 25.9. The van der Waals surface area contributed by atoms with E-state index in [2.05, 4.69) is 25.7 Å². The normalized spacial score (nSPS) is 14.3. The van der Waals surface area contributed by atoms with Crippen LogP contribution in [0.25, 0.3) is 0 Å². The molecule has 0 heterocycles. The Hall–Kier alpha value is -3.73. The van der Waals surface area contributed by atoms with Crippen LogP contribution in [-0.2, 0) is 24.2 Å². The number of hydrogen-bond acceptors (Lipinski definition) is 7. The number of aliphatic imine (C=N–C) groups is 1. The van der Waals surface area contributed by atoms with E-state index in [0.717, 1.165) is 32.8 Å². The van der Waals surface area contributed by atoms with Crippen molar-refractivity contribution < 1.29 is 27.5 Å². The first-order valence-electron chi connectivity index (χ1n) is 11.2. The largest absolute Gasteiger partial charge is 0.453 e. The third-order valence-electron chi connectivity index (χ3n) is 5.53. The molecule has 0 bridgehead atoms. The summed E-state index contributed by atoms with van der Waals surface area (Å²) < 4.78 is 30.9. The lowest BCUT2D eigenvalue weighted by Crippen LogP contribution is -2.43. The average Bonchev–Trinajstić information content (AvgIpc) is 3.40. The first-order valence-corrected chi connectivity index (χ1v) is 12.7. The summed E-state index contributed by atoms with van der Waals surface area (Å²) in [5.41, 5.74) is 0.278. The lowest BCUT2D eigenvalue weighted by atomic mass is 10.1. The number of alkyl carbamates (subject to hydrolysis) is 1. The van der Waals surface area contributed by atoms with Crippen LogP contribution in [0.15, 0.2) is 63.3 Å². The van der Waals surface area contributed by atoms with Crippen LogP contribution in [0.2, 0.25) is 0 Å². The fourth-order valence-electron chi connectivity index (χ4n) is 3.61. The van der Waals surface area contributed by atoms with Gasteiger partial charge in [0.2, 0.25) is 27.6 Å². The van der Waals surface area contributed by atoms with E-state index in [4.69, 9.17) is 0 Å². The number of carbonyl (C=O) groups is 3. The summed E-state index contributed by atoms with van der Waals surface area (Å²) in [4.78, 5) is 40.8. The molecule has 11 heteroatoms. The molecule has 35 heavy (non-hydrogen) atoms. The van der Waals surface area contributed by atoms with E-state index < -0.39 is 21.8 Å². The molecule has 10 nitrogen and oxygen atoms in total. The quantitative estimate of drug-likeness (QED) is 0.409. The van der Waals surface area contributed by atoms with Crippen LogP contribution >= 0.6 is 0 Å². The van der Waals surface area contributed by atoms with Gasteiger partial charge in [-0.3, -0.25) is 20.2 Å². The molecule has 1 aliphatic carbocycles. The second-order valence-corrected chi connectivity index (χ2v) is 9.89. The maximum atomic E-state index is 13.2. The number of ether oxygens (including phenoxy) is 1. The van der Waals surface area contributed by atoms with Crippen molar-refractivity contribution in [1.29, 1.82) is 0 Å². The number of methoxy groups -OCH3 is 1. The molecule has 1 aliphatic rings. The Balaban J connectivity index is 2.07. The molecule has 0 radical (unpaired) electrons. The minimum atomic E-state index is -3.89. The van der Waals surface area contributed by atoms with Gasteiger partial charge in [0.25, 0.3) is 0 Å². The van der Waals surface area contributed by atoms with Crippen molar-refractivity contribution in [3.8, 4) is 0 Å². The standard InChI is InChI=1S/C24H28N4O6S/c1-3-21(29)27-23(28-24(31)34-2)26-20-15-18(35(32,33)17-11-5-4-6-12-17)13-14-19(20)25-22(30)16-9-7-8-10-16/h4-6,11-16H,3,7-10H2,1-2H3,(H,25,30)(H2,26,27,28,29,31). The molecule has 1 saturated carbocycles. The van der Waals surface area contributed by atoms with E-state index in [-0.39, 0.29) is 45.4 Å². The SMILES string of the molecule is CCC(=O)NC(=Nc1cc(S(=O)(=O)c2ccccc2)ccc1NC(=O)C1CCCC1)NC(=O)OC. The molecule has 3 amide bonds. The van der Waals surface area contributed by atoms with Crippen molar-refractivity contribution in [2.24, 2.45) is 10.9 Å². The molecule has 0 unspecified atom stereocenters. The van der Waals surface area contributed by atoms with E-state index in [1.807, 2.05) is 0 Å². The van der Waals surface area contributed by atoms with Crippen molar-refractivity contribution in [1.82, 2.24) is 10.6 Å². The molecule has 2 aromatic carbocycles. The Kier molecular flexibility index (Phi) is 8.58. The van der Waals surface area contributed by atoms with Gasteiger partial charge in [0.15, 0.2) is 0 Å². The number of anilines is 1. The molecular weight excluding hydrogens is 472 g/mol. The van der Waals surface area contributed by atoms with E-state index in [9.17, 15) is 22.8 Å². The minimum Gasteiger partial charge on any atom is -0.453 e. The summed E-state index contributed by atoms with van der Waals surface area (Å²) >= 11 is 0. The molecular formula is C24H28N4O6S. The highest BCUT2D eigenvalue weighted by molar-refractivity contribution is 7.91. The number of nitrogens with one attached hydrogen (secondary N) is 3. The molecule has 0 atom stereocenters. The molecule has 2 aromatic rings. The van der Waals surface area contributed by atoms with E-state index in [1.54, 1.807) is 25.1 Å². The number of nitrogens with zero attached hydrogens (tertiary/aromatic N) is 1. The van der Waals surface area contributed by atoms with Crippen LogP contribution in [-0.4, -0.2) is 39.4 Å². The Morgan fingerprint density at radius 2 is 1.69 bits per heavy atom. The van der Waals surface area contributed by atoms with Crippen molar-refractivity contribution >= 4 is 45.1 Å². The van der Waals surface area contributed by atoms with Gasteiger partial charge < -0.3 is 10.1 Å². The van der Waals surface area contributed by atoms with Crippen molar-refractivity contribution in [2.45, 2.75) is 48.8 Å². The zero-order valence-corrected chi connectivity index (χ0v) is 20.4.